The average molecular weight is 185 g/mol. The highest BCUT2D eigenvalue weighted by atomic mass is 33.1. The van der Waals surface area contributed by atoms with Gasteiger partial charge in [0.25, 0.3) is 0 Å². The van der Waals surface area contributed by atoms with Crippen molar-refractivity contribution in [3.63, 3.8) is 0 Å². The minimum Gasteiger partial charge on any atom is -0.388 e. The number of hydrogen-bond acceptors (Lipinski definition) is 3. The molecule has 0 aliphatic heterocycles. The molecule has 0 amide bonds. The van der Waals surface area contributed by atoms with E-state index in [1.807, 2.05) is 7.05 Å². The van der Waals surface area contributed by atoms with E-state index >= 15 is 0 Å². The molecule has 1 N–H and O–H groups in total. The second-order valence-electron chi connectivity index (χ2n) is 2.22. The Bertz CT molecular complexity index is 208. The van der Waals surface area contributed by atoms with E-state index in [2.05, 4.69) is 41.2 Å². The maximum absolute atomic E-state index is 4.08. The molecule has 1 aromatic carbocycles. The summed E-state index contributed by atoms with van der Waals surface area (Å²) in [5, 5.41) is 3.07. The molecule has 0 radical (unpaired) electrons. The third kappa shape index (κ3) is 2.67. The van der Waals surface area contributed by atoms with Crippen LogP contribution < -0.4 is 5.32 Å². The molecule has 1 aromatic rings. The molecule has 0 saturated heterocycles. The van der Waals surface area contributed by atoms with Crippen molar-refractivity contribution in [3.8, 4) is 0 Å². The Morgan fingerprint density at radius 2 is 2.00 bits per heavy atom. The lowest BCUT2D eigenvalue weighted by Crippen LogP contribution is -1.87. The predicted octanol–water partition coefficient (Wildman–Crippen LogP) is 2.81. The van der Waals surface area contributed by atoms with Crippen LogP contribution in [0.2, 0.25) is 0 Å². The summed E-state index contributed by atoms with van der Waals surface area (Å²) < 4.78 is 0. The number of benzene rings is 1. The zero-order valence-electron chi connectivity index (χ0n) is 6.37. The first-order valence-electron chi connectivity index (χ1n) is 3.40. The van der Waals surface area contributed by atoms with E-state index in [1.54, 1.807) is 10.8 Å². The third-order valence-corrected chi connectivity index (χ3v) is 2.32. The van der Waals surface area contributed by atoms with Gasteiger partial charge in [0.15, 0.2) is 0 Å². The maximum atomic E-state index is 4.08. The normalized spacial score (nSPS) is 9.64. The molecule has 0 aromatic heterocycles. The topological polar surface area (TPSA) is 12.0 Å². The number of hydrogen-bond donors (Lipinski definition) is 2. The Kier molecular flexibility index (Phi) is 3.66. The van der Waals surface area contributed by atoms with Crippen LogP contribution in [0.25, 0.3) is 0 Å². The Morgan fingerprint density at radius 3 is 2.45 bits per heavy atom. The summed E-state index contributed by atoms with van der Waals surface area (Å²) in [4.78, 5) is 0. The highest BCUT2D eigenvalue weighted by Gasteiger charge is 1.90. The van der Waals surface area contributed by atoms with Crippen LogP contribution in [-0.2, 0) is 5.75 Å². The van der Waals surface area contributed by atoms with Crippen LogP contribution in [-0.4, -0.2) is 7.05 Å². The van der Waals surface area contributed by atoms with Gasteiger partial charge >= 0.3 is 0 Å². The van der Waals surface area contributed by atoms with Crippen LogP contribution in [0.3, 0.4) is 0 Å². The molecule has 3 heteroatoms. The summed E-state index contributed by atoms with van der Waals surface area (Å²) in [6, 6.07) is 8.35. The molecular weight excluding hydrogens is 174 g/mol. The molecule has 1 rings (SSSR count). The lowest BCUT2D eigenvalue weighted by molar-refractivity contribution is 1.41. The van der Waals surface area contributed by atoms with E-state index < -0.39 is 0 Å². The Hall–Kier alpha value is -0.280. The minimum atomic E-state index is 0.965. The van der Waals surface area contributed by atoms with E-state index in [9.17, 15) is 0 Å². The lowest BCUT2D eigenvalue weighted by atomic mass is 10.2. The number of thiol groups is 1. The van der Waals surface area contributed by atoms with Crippen LogP contribution in [0.1, 0.15) is 5.56 Å². The van der Waals surface area contributed by atoms with E-state index in [0.29, 0.717) is 0 Å². The standard InChI is InChI=1S/C8H11NS2/c1-9-8-4-2-7(3-5-8)6-11-10/h2-5,9-10H,6H2,1H3. The molecule has 0 heterocycles. The number of nitrogens with one attached hydrogen (secondary N) is 1. The summed E-state index contributed by atoms with van der Waals surface area (Å²) in [7, 11) is 3.46. The molecule has 0 spiro atoms. The molecule has 0 atom stereocenters. The molecular formula is C8H11NS2. The Labute approximate surface area is 76.4 Å². The van der Waals surface area contributed by atoms with Gasteiger partial charge in [0.05, 0.1) is 0 Å². The van der Waals surface area contributed by atoms with Crippen LogP contribution >= 0.6 is 22.5 Å². The summed E-state index contributed by atoms with van der Waals surface area (Å²) >= 11 is 4.08. The quantitative estimate of drug-likeness (QED) is 0.555. The minimum absolute atomic E-state index is 0.965. The predicted molar refractivity (Wildman–Crippen MR) is 56.3 cm³/mol. The molecule has 60 valence electrons. The summed E-state index contributed by atoms with van der Waals surface area (Å²) in [5.74, 6) is 0.965. The van der Waals surface area contributed by atoms with Crippen molar-refractivity contribution in [2.24, 2.45) is 0 Å². The molecule has 11 heavy (non-hydrogen) atoms. The third-order valence-electron chi connectivity index (χ3n) is 1.47. The molecule has 0 unspecified atom stereocenters. The van der Waals surface area contributed by atoms with E-state index in [1.165, 1.54) is 5.56 Å². The zero-order valence-corrected chi connectivity index (χ0v) is 8.08. The van der Waals surface area contributed by atoms with Crippen LogP contribution in [0.4, 0.5) is 5.69 Å². The fourth-order valence-electron chi connectivity index (χ4n) is 0.842. The Morgan fingerprint density at radius 1 is 1.36 bits per heavy atom. The van der Waals surface area contributed by atoms with Gasteiger partial charge in [-0.05, 0) is 17.7 Å². The van der Waals surface area contributed by atoms with Gasteiger partial charge in [0.1, 0.15) is 0 Å². The van der Waals surface area contributed by atoms with Gasteiger partial charge < -0.3 is 5.32 Å². The van der Waals surface area contributed by atoms with Gasteiger partial charge in [-0.2, -0.15) is 0 Å². The van der Waals surface area contributed by atoms with Gasteiger partial charge in [-0.15, -0.1) is 11.7 Å². The highest BCUT2D eigenvalue weighted by Crippen LogP contribution is 2.16. The summed E-state index contributed by atoms with van der Waals surface area (Å²) in [6.07, 6.45) is 0. The first kappa shape index (κ1) is 8.81. The fraction of sp³-hybridized carbons (Fsp3) is 0.250. The van der Waals surface area contributed by atoms with Gasteiger partial charge in [-0.25, -0.2) is 0 Å². The SMILES string of the molecule is CNc1ccc(CSS)cc1. The van der Waals surface area contributed by atoms with Crippen molar-refractivity contribution in [1.82, 2.24) is 0 Å². The van der Waals surface area contributed by atoms with Crippen molar-refractivity contribution in [3.05, 3.63) is 29.8 Å². The smallest absolute Gasteiger partial charge is 0.0337 e. The van der Waals surface area contributed by atoms with Crippen molar-refractivity contribution in [2.75, 3.05) is 12.4 Å². The van der Waals surface area contributed by atoms with Crippen molar-refractivity contribution in [1.29, 1.82) is 0 Å². The second kappa shape index (κ2) is 4.57. The molecule has 0 fully saturated rings. The molecule has 0 aliphatic carbocycles. The number of anilines is 1. The first-order chi connectivity index (χ1) is 5.36. The molecule has 0 bridgehead atoms. The van der Waals surface area contributed by atoms with Crippen molar-refractivity contribution in [2.45, 2.75) is 5.75 Å². The van der Waals surface area contributed by atoms with Gasteiger partial charge in [-0.3, -0.25) is 0 Å². The van der Waals surface area contributed by atoms with Crippen molar-refractivity contribution < 1.29 is 0 Å². The van der Waals surface area contributed by atoms with Crippen LogP contribution in [0.5, 0.6) is 0 Å². The lowest BCUT2D eigenvalue weighted by Gasteiger charge is -2.00. The van der Waals surface area contributed by atoms with E-state index in [0.717, 1.165) is 11.4 Å². The Balaban J connectivity index is 2.66. The van der Waals surface area contributed by atoms with Gasteiger partial charge in [0.2, 0.25) is 0 Å². The second-order valence-corrected chi connectivity index (χ2v) is 3.54. The maximum Gasteiger partial charge on any atom is 0.0337 e. The fourth-order valence-corrected chi connectivity index (χ4v) is 1.63. The summed E-state index contributed by atoms with van der Waals surface area (Å²) in [6.45, 7) is 0. The molecule has 0 aliphatic rings. The van der Waals surface area contributed by atoms with E-state index in [4.69, 9.17) is 0 Å². The summed E-state index contributed by atoms with van der Waals surface area (Å²) in [5.41, 5.74) is 2.46. The first-order valence-corrected chi connectivity index (χ1v) is 5.43. The molecule has 0 saturated carbocycles. The van der Waals surface area contributed by atoms with E-state index in [-0.39, 0.29) is 0 Å². The monoisotopic (exact) mass is 185 g/mol. The van der Waals surface area contributed by atoms with Gasteiger partial charge in [0, 0.05) is 18.5 Å². The zero-order chi connectivity index (χ0) is 8.10. The number of rotatable bonds is 3. The highest BCUT2D eigenvalue weighted by molar-refractivity contribution is 8.68. The van der Waals surface area contributed by atoms with Crippen molar-refractivity contribution >= 4 is 28.1 Å². The molecule has 1 nitrogen and oxygen atoms in total. The van der Waals surface area contributed by atoms with Crippen LogP contribution in [0.15, 0.2) is 24.3 Å². The average Bonchev–Trinajstić information content (AvgIpc) is 2.07. The van der Waals surface area contributed by atoms with Crippen LogP contribution in [0, 0.1) is 0 Å². The van der Waals surface area contributed by atoms with Gasteiger partial charge in [-0.1, -0.05) is 22.9 Å². The largest absolute Gasteiger partial charge is 0.388 e.